The van der Waals surface area contributed by atoms with Gasteiger partial charge in [0.2, 0.25) is 0 Å². The lowest BCUT2D eigenvalue weighted by atomic mass is 10.00. The Hall–Kier alpha value is -1.16. The number of carbonyl (C=O) groups excluding carboxylic acids is 1. The Balaban J connectivity index is 1.97. The van der Waals surface area contributed by atoms with Crippen LogP contribution in [0.15, 0.2) is 24.3 Å². The van der Waals surface area contributed by atoms with Crippen molar-refractivity contribution in [2.75, 3.05) is 12.0 Å². The van der Waals surface area contributed by atoms with Gasteiger partial charge in [0.05, 0.1) is 0 Å². The van der Waals surface area contributed by atoms with Crippen molar-refractivity contribution in [2.45, 2.75) is 19.3 Å². The van der Waals surface area contributed by atoms with E-state index in [0.29, 0.717) is 12.8 Å². The number of sulfone groups is 1. The first-order valence-corrected chi connectivity index (χ1v) is 7.83. The normalized spacial score (nSPS) is 19.4. The summed E-state index contributed by atoms with van der Waals surface area (Å²) in [6.45, 7) is 0. The van der Waals surface area contributed by atoms with E-state index < -0.39 is 9.84 Å². The highest BCUT2D eigenvalue weighted by atomic mass is 32.2. The van der Waals surface area contributed by atoms with E-state index >= 15 is 0 Å². The van der Waals surface area contributed by atoms with E-state index in [2.05, 4.69) is 0 Å². The lowest BCUT2D eigenvalue weighted by molar-refractivity contribution is 0.0930. The minimum Gasteiger partial charge on any atom is -0.294 e. The fourth-order valence-corrected chi connectivity index (χ4v) is 3.03. The standard InChI is InChI=1S/C13H16O3S/c1-17(15,16)8-4-6-11-9-10-5-2-3-7-12(10)13(11)14/h2-3,5,7,11H,4,6,8-9H2,1H3. The minimum absolute atomic E-state index is 0.0193. The molecule has 0 spiro atoms. The molecule has 0 amide bonds. The molecule has 1 aromatic carbocycles. The van der Waals surface area contributed by atoms with Gasteiger partial charge in [0.1, 0.15) is 9.84 Å². The number of hydrogen-bond acceptors (Lipinski definition) is 3. The molecule has 0 N–H and O–H groups in total. The summed E-state index contributed by atoms with van der Waals surface area (Å²) in [5.74, 6) is 0.330. The monoisotopic (exact) mass is 252 g/mol. The first-order chi connectivity index (χ1) is 7.97. The summed E-state index contributed by atoms with van der Waals surface area (Å²) in [4.78, 5) is 12.0. The van der Waals surface area contributed by atoms with E-state index in [1.54, 1.807) is 0 Å². The third-order valence-corrected chi connectivity index (χ3v) is 4.22. The molecule has 0 radical (unpaired) electrons. The fraction of sp³-hybridized carbons (Fsp3) is 0.462. The van der Waals surface area contributed by atoms with Crippen molar-refractivity contribution in [3.05, 3.63) is 35.4 Å². The first kappa shape index (κ1) is 12.3. The smallest absolute Gasteiger partial charge is 0.166 e. The fourth-order valence-electron chi connectivity index (χ4n) is 2.34. The maximum Gasteiger partial charge on any atom is 0.166 e. The van der Waals surface area contributed by atoms with Gasteiger partial charge in [-0.05, 0) is 24.8 Å². The number of benzene rings is 1. The Labute approximate surface area is 102 Å². The second-order valence-corrected chi connectivity index (χ2v) is 6.95. The zero-order valence-electron chi connectivity index (χ0n) is 9.85. The molecular formula is C13H16O3S. The topological polar surface area (TPSA) is 51.2 Å². The average Bonchev–Trinajstić information content (AvgIpc) is 2.55. The van der Waals surface area contributed by atoms with Crippen molar-refractivity contribution in [3.63, 3.8) is 0 Å². The van der Waals surface area contributed by atoms with Gasteiger partial charge in [-0.2, -0.15) is 0 Å². The van der Waals surface area contributed by atoms with Crippen LogP contribution in [-0.4, -0.2) is 26.2 Å². The van der Waals surface area contributed by atoms with Crippen LogP contribution in [0.1, 0.15) is 28.8 Å². The van der Waals surface area contributed by atoms with Gasteiger partial charge in [0.25, 0.3) is 0 Å². The van der Waals surface area contributed by atoms with Crippen LogP contribution in [0.2, 0.25) is 0 Å². The van der Waals surface area contributed by atoms with Gasteiger partial charge in [-0.3, -0.25) is 4.79 Å². The van der Waals surface area contributed by atoms with Gasteiger partial charge in [-0.15, -0.1) is 0 Å². The molecule has 92 valence electrons. The molecule has 0 saturated carbocycles. The molecular weight excluding hydrogens is 236 g/mol. The van der Waals surface area contributed by atoms with Crippen LogP contribution in [0, 0.1) is 5.92 Å². The summed E-state index contributed by atoms with van der Waals surface area (Å²) in [6.07, 6.45) is 3.24. The third kappa shape index (κ3) is 2.94. The Morgan fingerprint density at radius 2 is 2.00 bits per heavy atom. The Morgan fingerprint density at radius 3 is 2.65 bits per heavy atom. The Kier molecular flexibility index (Phi) is 3.33. The highest BCUT2D eigenvalue weighted by molar-refractivity contribution is 7.90. The molecule has 1 aromatic rings. The largest absolute Gasteiger partial charge is 0.294 e. The molecule has 3 nitrogen and oxygen atoms in total. The van der Waals surface area contributed by atoms with E-state index in [4.69, 9.17) is 0 Å². The van der Waals surface area contributed by atoms with Crippen molar-refractivity contribution in [2.24, 2.45) is 5.92 Å². The van der Waals surface area contributed by atoms with E-state index in [1.165, 1.54) is 6.26 Å². The summed E-state index contributed by atoms with van der Waals surface area (Å²) in [5, 5.41) is 0. The van der Waals surface area contributed by atoms with Crippen molar-refractivity contribution in [3.8, 4) is 0 Å². The van der Waals surface area contributed by atoms with Gasteiger partial charge >= 0.3 is 0 Å². The maximum atomic E-state index is 12.0. The van der Waals surface area contributed by atoms with Gasteiger partial charge in [0.15, 0.2) is 5.78 Å². The zero-order chi connectivity index (χ0) is 12.5. The lowest BCUT2D eigenvalue weighted by Gasteiger charge is -2.06. The lowest BCUT2D eigenvalue weighted by Crippen LogP contribution is -2.11. The summed E-state index contributed by atoms with van der Waals surface area (Å²) in [7, 11) is -2.91. The predicted molar refractivity (Wildman–Crippen MR) is 66.9 cm³/mol. The molecule has 0 aliphatic heterocycles. The minimum atomic E-state index is -2.91. The second kappa shape index (κ2) is 4.61. The molecule has 0 aromatic heterocycles. The van der Waals surface area contributed by atoms with Crippen molar-refractivity contribution < 1.29 is 13.2 Å². The SMILES string of the molecule is CS(=O)(=O)CCCC1Cc2ccccc2C1=O. The van der Waals surface area contributed by atoms with Crippen molar-refractivity contribution >= 4 is 15.6 Å². The van der Waals surface area contributed by atoms with Crippen LogP contribution in [0.4, 0.5) is 0 Å². The summed E-state index contributed by atoms with van der Waals surface area (Å²) >= 11 is 0. The van der Waals surface area contributed by atoms with Crippen LogP contribution in [0.25, 0.3) is 0 Å². The van der Waals surface area contributed by atoms with Crippen LogP contribution in [0.5, 0.6) is 0 Å². The molecule has 0 bridgehead atoms. The molecule has 0 fully saturated rings. The van der Waals surface area contributed by atoms with Gasteiger partial charge in [-0.25, -0.2) is 8.42 Å². The Morgan fingerprint density at radius 1 is 1.29 bits per heavy atom. The molecule has 1 unspecified atom stereocenters. The number of Topliss-reactive ketones (excluding diaryl/α,β-unsaturated/α-hetero) is 1. The molecule has 1 aliphatic carbocycles. The van der Waals surface area contributed by atoms with Gasteiger partial charge in [-0.1, -0.05) is 24.3 Å². The van der Waals surface area contributed by atoms with E-state index in [1.807, 2.05) is 24.3 Å². The van der Waals surface area contributed by atoms with Crippen LogP contribution >= 0.6 is 0 Å². The molecule has 1 aliphatic rings. The number of carbonyl (C=O) groups is 1. The summed E-state index contributed by atoms with van der Waals surface area (Å²) in [5.41, 5.74) is 1.92. The zero-order valence-corrected chi connectivity index (χ0v) is 10.7. The van der Waals surface area contributed by atoms with Gasteiger partial charge in [0, 0.05) is 23.5 Å². The predicted octanol–water partition coefficient (Wildman–Crippen LogP) is 1.87. The third-order valence-electron chi connectivity index (χ3n) is 3.19. The van der Waals surface area contributed by atoms with E-state index in [-0.39, 0.29) is 17.5 Å². The summed E-state index contributed by atoms with van der Waals surface area (Å²) < 4.78 is 22.0. The maximum absolute atomic E-state index is 12.0. The van der Waals surface area contributed by atoms with Crippen LogP contribution in [-0.2, 0) is 16.3 Å². The Bertz CT molecular complexity index is 531. The molecule has 1 atom stereocenters. The summed E-state index contributed by atoms with van der Waals surface area (Å²) in [6, 6.07) is 7.64. The van der Waals surface area contributed by atoms with Crippen LogP contribution in [0.3, 0.4) is 0 Å². The van der Waals surface area contributed by atoms with Gasteiger partial charge < -0.3 is 0 Å². The number of fused-ring (bicyclic) bond motifs is 1. The molecule has 0 saturated heterocycles. The van der Waals surface area contributed by atoms with Crippen LogP contribution < -0.4 is 0 Å². The molecule has 4 heteroatoms. The molecule has 0 heterocycles. The quantitative estimate of drug-likeness (QED) is 0.822. The molecule has 2 rings (SSSR count). The molecule has 17 heavy (non-hydrogen) atoms. The van der Waals surface area contributed by atoms with Crippen molar-refractivity contribution in [1.82, 2.24) is 0 Å². The van der Waals surface area contributed by atoms with E-state index in [9.17, 15) is 13.2 Å². The van der Waals surface area contributed by atoms with Crippen molar-refractivity contribution in [1.29, 1.82) is 0 Å². The highest BCUT2D eigenvalue weighted by Crippen LogP contribution is 2.29. The number of ketones is 1. The second-order valence-electron chi connectivity index (χ2n) is 4.69. The number of hydrogen-bond donors (Lipinski definition) is 0. The average molecular weight is 252 g/mol. The highest BCUT2D eigenvalue weighted by Gasteiger charge is 2.29. The van der Waals surface area contributed by atoms with E-state index in [0.717, 1.165) is 17.5 Å². The number of rotatable bonds is 4. The first-order valence-electron chi connectivity index (χ1n) is 5.77.